The van der Waals surface area contributed by atoms with Crippen molar-refractivity contribution in [3.63, 3.8) is 0 Å². The lowest BCUT2D eigenvalue weighted by Crippen LogP contribution is -2.33. The summed E-state index contributed by atoms with van der Waals surface area (Å²) in [7, 11) is 1.89. The molecule has 1 amide bonds. The molecular weight excluding hydrogens is 254 g/mol. The van der Waals surface area contributed by atoms with Gasteiger partial charge in [0.25, 0.3) is 0 Å². The Hall–Kier alpha value is -1.59. The summed E-state index contributed by atoms with van der Waals surface area (Å²) in [5, 5.41) is 2.82. The summed E-state index contributed by atoms with van der Waals surface area (Å²) in [5.41, 5.74) is 8.19. The summed E-state index contributed by atoms with van der Waals surface area (Å²) >= 11 is 0. The standard InChI is InChI=1S/C15H25N3O2/c1-11(2)20-8-7-18(4)10-15(19)17-14-6-5-12(3)9-13(14)16/h5-6,9,11H,7-8,10,16H2,1-4H3,(H,17,19). The molecule has 0 aromatic heterocycles. The Bertz CT molecular complexity index is 447. The van der Waals surface area contributed by atoms with E-state index in [9.17, 15) is 4.79 Å². The van der Waals surface area contributed by atoms with Gasteiger partial charge >= 0.3 is 0 Å². The number of amides is 1. The van der Waals surface area contributed by atoms with Gasteiger partial charge in [0.2, 0.25) is 5.91 Å². The predicted octanol–water partition coefficient (Wildman–Crippen LogP) is 1.87. The van der Waals surface area contributed by atoms with Crippen LogP contribution in [0.2, 0.25) is 0 Å². The number of hydrogen-bond donors (Lipinski definition) is 2. The molecule has 1 rings (SSSR count). The lowest BCUT2D eigenvalue weighted by atomic mass is 10.2. The predicted molar refractivity (Wildman–Crippen MR) is 82.8 cm³/mol. The molecule has 20 heavy (non-hydrogen) atoms. The maximum Gasteiger partial charge on any atom is 0.238 e. The Kier molecular flexibility index (Phi) is 6.48. The molecule has 0 saturated carbocycles. The molecule has 0 heterocycles. The van der Waals surface area contributed by atoms with Crippen LogP contribution in [0.5, 0.6) is 0 Å². The number of hydrogen-bond acceptors (Lipinski definition) is 4. The third-order valence-corrected chi connectivity index (χ3v) is 2.82. The smallest absolute Gasteiger partial charge is 0.238 e. The van der Waals surface area contributed by atoms with E-state index >= 15 is 0 Å². The van der Waals surface area contributed by atoms with Gasteiger partial charge in [-0.2, -0.15) is 0 Å². The first-order valence-corrected chi connectivity index (χ1v) is 6.84. The fourth-order valence-electron chi connectivity index (χ4n) is 1.75. The normalized spacial score (nSPS) is 11.1. The number of carbonyl (C=O) groups is 1. The number of likely N-dealkylation sites (N-methyl/N-ethyl adjacent to an activating group) is 1. The second kappa shape index (κ2) is 7.87. The molecule has 0 saturated heterocycles. The third kappa shape index (κ3) is 6.04. The molecule has 0 radical (unpaired) electrons. The minimum atomic E-state index is -0.0763. The van der Waals surface area contributed by atoms with Crippen LogP contribution in [-0.4, -0.2) is 43.7 Å². The minimum Gasteiger partial charge on any atom is -0.397 e. The van der Waals surface area contributed by atoms with E-state index in [2.05, 4.69) is 5.32 Å². The number of carbonyl (C=O) groups excluding carboxylic acids is 1. The number of benzene rings is 1. The highest BCUT2D eigenvalue weighted by molar-refractivity contribution is 5.95. The zero-order valence-corrected chi connectivity index (χ0v) is 12.8. The molecule has 0 bridgehead atoms. The van der Waals surface area contributed by atoms with Crippen molar-refractivity contribution in [3.05, 3.63) is 23.8 Å². The number of rotatable bonds is 7. The lowest BCUT2D eigenvalue weighted by Gasteiger charge is -2.17. The van der Waals surface area contributed by atoms with E-state index in [1.54, 1.807) is 0 Å². The van der Waals surface area contributed by atoms with Crippen LogP contribution < -0.4 is 11.1 Å². The zero-order valence-electron chi connectivity index (χ0n) is 12.8. The van der Waals surface area contributed by atoms with Gasteiger partial charge in [0, 0.05) is 6.54 Å². The summed E-state index contributed by atoms with van der Waals surface area (Å²) in [6, 6.07) is 5.59. The van der Waals surface area contributed by atoms with Crippen molar-refractivity contribution in [3.8, 4) is 0 Å². The Morgan fingerprint density at radius 3 is 2.75 bits per heavy atom. The Labute approximate surface area is 121 Å². The first kappa shape index (κ1) is 16.5. The number of nitrogen functional groups attached to an aromatic ring is 1. The number of ether oxygens (including phenoxy) is 1. The number of nitrogens with zero attached hydrogens (tertiary/aromatic N) is 1. The Balaban J connectivity index is 2.39. The topological polar surface area (TPSA) is 67.6 Å². The van der Waals surface area contributed by atoms with Gasteiger partial charge in [0.1, 0.15) is 0 Å². The average molecular weight is 279 g/mol. The highest BCUT2D eigenvalue weighted by Crippen LogP contribution is 2.19. The number of aryl methyl sites for hydroxylation is 1. The van der Waals surface area contributed by atoms with E-state index in [0.29, 0.717) is 24.5 Å². The molecule has 112 valence electrons. The summed E-state index contributed by atoms with van der Waals surface area (Å²) in [6.45, 7) is 7.60. The van der Waals surface area contributed by atoms with Gasteiger partial charge in [0.15, 0.2) is 0 Å². The van der Waals surface area contributed by atoms with Gasteiger partial charge < -0.3 is 15.8 Å². The summed E-state index contributed by atoms with van der Waals surface area (Å²) in [5.74, 6) is -0.0763. The Morgan fingerprint density at radius 2 is 2.15 bits per heavy atom. The molecule has 5 nitrogen and oxygen atoms in total. The molecule has 5 heteroatoms. The summed E-state index contributed by atoms with van der Waals surface area (Å²) in [6.07, 6.45) is 0.213. The van der Waals surface area contributed by atoms with Crippen LogP contribution in [0.25, 0.3) is 0 Å². The molecule has 1 aromatic carbocycles. The SMILES string of the molecule is Cc1ccc(NC(=O)CN(C)CCOC(C)C)c(N)c1. The van der Waals surface area contributed by atoms with Crippen molar-refractivity contribution in [1.29, 1.82) is 0 Å². The molecule has 0 aliphatic heterocycles. The fourth-order valence-corrected chi connectivity index (χ4v) is 1.75. The Morgan fingerprint density at radius 1 is 1.45 bits per heavy atom. The molecule has 3 N–H and O–H groups in total. The third-order valence-electron chi connectivity index (χ3n) is 2.82. The average Bonchev–Trinajstić information content (AvgIpc) is 2.32. The maximum atomic E-state index is 11.9. The van der Waals surface area contributed by atoms with E-state index in [1.807, 2.05) is 50.9 Å². The van der Waals surface area contributed by atoms with Gasteiger partial charge in [0.05, 0.1) is 30.6 Å². The maximum absolute atomic E-state index is 11.9. The van der Waals surface area contributed by atoms with E-state index in [1.165, 1.54) is 0 Å². The highest BCUT2D eigenvalue weighted by atomic mass is 16.5. The van der Waals surface area contributed by atoms with Crippen LogP contribution in [0.1, 0.15) is 19.4 Å². The molecule has 0 unspecified atom stereocenters. The van der Waals surface area contributed by atoms with Gasteiger partial charge in [-0.15, -0.1) is 0 Å². The zero-order chi connectivity index (χ0) is 15.1. The molecule has 0 spiro atoms. The lowest BCUT2D eigenvalue weighted by molar-refractivity contribution is -0.117. The van der Waals surface area contributed by atoms with E-state index in [0.717, 1.165) is 12.1 Å². The van der Waals surface area contributed by atoms with Crippen molar-refractivity contribution < 1.29 is 9.53 Å². The molecular formula is C15H25N3O2. The van der Waals surface area contributed by atoms with E-state index in [-0.39, 0.29) is 12.0 Å². The highest BCUT2D eigenvalue weighted by Gasteiger charge is 2.09. The van der Waals surface area contributed by atoms with Crippen LogP contribution in [0.4, 0.5) is 11.4 Å². The first-order chi connectivity index (χ1) is 9.38. The number of nitrogens with two attached hydrogens (primary N) is 1. The van der Waals surface area contributed by atoms with Gasteiger partial charge in [-0.25, -0.2) is 0 Å². The van der Waals surface area contributed by atoms with Crippen LogP contribution in [0, 0.1) is 6.92 Å². The minimum absolute atomic E-state index is 0.0763. The summed E-state index contributed by atoms with van der Waals surface area (Å²) in [4.78, 5) is 13.8. The monoisotopic (exact) mass is 279 g/mol. The van der Waals surface area contributed by atoms with Crippen LogP contribution >= 0.6 is 0 Å². The second-order valence-electron chi connectivity index (χ2n) is 5.30. The molecule has 0 fully saturated rings. The molecule has 0 aliphatic carbocycles. The van der Waals surface area contributed by atoms with E-state index < -0.39 is 0 Å². The van der Waals surface area contributed by atoms with Crippen LogP contribution in [0.15, 0.2) is 18.2 Å². The van der Waals surface area contributed by atoms with Crippen molar-refractivity contribution >= 4 is 17.3 Å². The fraction of sp³-hybridized carbons (Fsp3) is 0.533. The molecule has 1 aromatic rings. The number of nitrogens with one attached hydrogen (secondary N) is 1. The quantitative estimate of drug-likeness (QED) is 0.748. The molecule has 0 aliphatic rings. The number of anilines is 2. The van der Waals surface area contributed by atoms with Crippen LogP contribution in [-0.2, 0) is 9.53 Å². The van der Waals surface area contributed by atoms with Crippen molar-refractivity contribution in [2.45, 2.75) is 26.9 Å². The van der Waals surface area contributed by atoms with Crippen molar-refractivity contribution in [2.75, 3.05) is 37.8 Å². The van der Waals surface area contributed by atoms with Gasteiger partial charge in [-0.3, -0.25) is 9.69 Å². The summed E-state index contributed by atoms with van der Waals surface area (Å²) < 4.78 is 5.45. The molecule has 0 atom stereocenters. The largest absolute Gasteiger partial charge is 0.397 e. The second-order valence-corrected chi connectivity index (χ2v) is 5.30. The van der Waals surface area contributed by atoms with Gasteiger partial charge in [-0.05, 0) is 45.5 Å². The van der Waals surface area contributed by atoms with Crippen LogP contribution in [0.3, 0.4) is 0 Å². The van der Waals surface area contributed by atoms with Crippen molar-refractivity contribution in [1.82, 2.24) is 4.90 Å². The van der Waals surface area contributed by atoms with E-state index in [4.69, 9.17) is 10.5 Å². The van der Waals surface area contributed by atoms with Crippen molar-refractivity contribution in [2.24, 2.45) is 0 Å². The first-order valence-electron chi connectivity index (χ1n) is 6.84. The van der Waals surface area contributed by atoms with Gasteiger partial charge in [-0.1, -0.05) is 6.07 Å².